The van der Waals surface area contributed by atoms with E-state index >= 15 is 0 Å². The minimum absolute atomic E-state index is 0.0661. The standard InChI is InChI=1S/C10H20NO5P/c1-4-5-10(12)14-8-9-16-17(13)15-7-6-11(2)3/h4-5,17H,6-9H2,1-3H3. The Bertz CT molecular complexity index is 267. The van der Waals surface area contributed by atoms with Gasteiger partial charge < -0.3 is 18.7 Å². The number of allylic oxidation sites excluding steroid dienone is 1. The van der Waals surface area contributed by atoms with Crippen LogP contribution < -0.4 is 0 Å². The van der Waals surface area contributed by atoms with Crippen molar-refractivity contribution in [1.29, 1.82) is 0 Å². The molecule has 0 saturated carbocycles. The number of rotatable bonds is 9. The van der Waals surface area contributed by atoms with Crippen molar-refractivity contribution in [3.05, 3.63) is 12.2 Å². The smallest absolute Gasteiger partial charge is 0.330 e. The zero-order valence-corrected chi connectivity index (χ0v) is 11.5. The summed E-state index contributed by atoms with van der Waals surface area (Å²) in [5, 5.41) is 0. The van der Waals surface area contributed by atoms with Crippen LogP contribution in [-0.2, 0) is 23.1 Å². The fourth-order valence-electron chi connectivity index (χ4n) is 0.805. The van der Waals surface area contributed by atoms with E-state index in [1.807, 2.05) is 19.0 Å². The number of carbonyl (C=O) groups excluding carboxylic acids is 1. The SMILES string of the molecule is CC=CC(=O)OCCO[PH](=O)OCCN(C)C. The molecule has 0 bridgehead atoms. The van der Waals surface area contributed by atoms with Gasteiger partial charge in [-0.1, -0.05) is 6.08 Å². The topological polar surface area (TPSA) is 65.1 Å². The monoisotopic (exact) mass is 265 g/mol. The van der Waals surface area contributed by atoms with E-state index in [0.717, 1.165) is 0 Å². The van der Waals surface area contributed by atoms with Crippen molar-refractivity contribution < 1.29 is 23.1 Å². The molecule has 0 aromatic rings. The van der Waals surface area contributed by atoms with Gasteiger partial charge in [0.2, 0.25) is 0 Å². The summed E-state index contributed by atoms with van der Waals surface area (Å²) in [5.41, 5.74) is 0. The van der Waals surface area contributed by atoms with Crippen LogP contribution in [0.1, 0.15) is 6.92 Å². The number of hydrogen-bond donors (Lipinski definition) is 0. The highest BCUT2D eigenvalue weighted by Gasteiger charge is 2.01. The third kappa shape index (κ3) is 11.6. The zero-order valence-electron chi connectivity index (χ0n) is 10.5. The first-order valence-electron chi connectivity index (χ1n) is 5.30. The lowest BCUT2D eigenvalue weighted by molar-refractivity contribution is -0.138. The molecule has 0 radical (unpaired) electrons. The Kier molecular flexibility index (Phi) is 10.1. The predicted molar refractivity (Wildman–Crippen MR) is 65.2 cm³/mol. The van der Waals surface area contributed by atoms with E-state index in [2.05, 4.69) is 0 Å². The summed E-state index contributed by atoms with van der Waals surface area (Å²) in [6.07, 6.45) is 2.88. The summed E-state index contributed by atoms with van der Waals surface area (Å²) >= 11 is 0. The molecule has 0 N–H and O–H groups in total. The van der Waals surface area contributed by atoms with Gasteiger partial charge >= 0.3 is 14.2 Å². The van der Waals surface area contributed by atoms with E-state index in [9.17, 15) is 9.36 Å². The maximum Gasteiger partial charge on any atom is 0.330 e. The van der Waals surface area contributed by atoms with Crippen molar-refractivity contribution in [3.8, 4) is 0 Å². The van der Waals surface area contributed by atoms with Crippen molar-refractivity contribution in [1.82, 2.24) is 4.90 Å². The van der Waals surface area contributed by atoms with Crippen LogP contribution in [0.3, 0.4) is 0 Å². The predicted octanol–water partition coefficient (Wildman–Crippen LogP) is 1.09. The highest BCUT2D eigenvalue weighted by molar-refractivity contribution is 7.33. The molecule has 0 aromatic heterocycles. The number of carbonyl (C=O) groups is 1. The van der Waals surface area contributed by atoms with Crippen LogP contribution >= 0.6 is 8.25 Å². The first-order chi connectivity index (χ1) is 8.06. The maximum absolute atomic E-state index is 11.2. The normalized spacial score (nSPS) is 13.2. The lowest BCUT2D eigenvalue weighted by atomic mass is 10.5. The summed E-state index contributed by atoms with van der Waals surface area (Å²) in [6.45, 7) is 2.88. The van der Waals surface area contributed by atoms with Crippen molar-refractivity contribution in [3.63, 3.8) is 0 Å². The van der Waals surface area contributed by atoms with E-state index in [4.69, 9.17) is 13.8 Å². The third-order valence-electron chi connectivity index (χ3n) is 1.61. The van der Waals surface area contributed by atoms with Gasteiger partial charge in [-0.15, -0.1) is 0 Å². The molecule has 0 amide bonds. The molecule has 0 aromatic carbocycles. The Balaban J connectivity index is 3.42. The first kappa shape index (κ1) is 16.3. The van der Waals surface area contributed by atoms with Gasteiger partial charge in [-0.05, 0) is 21.0 Å². The van der Waals surface area contributed by atoms with Gasteiger partial charge in [-0.25, -0.2) is 4.79 Å². The highest BCUT2D eigenvalue weighted by Crippen LogP contribution is 2.22. The summed E-state index contributed by atoms with van der Waals surface area (Å²) in [7, 11) is 1.30. The third-order valence-corrected chi connectivity index (χ3v) is 2.49. The van der Waals surface area contributed by atoms with E-state index in [1.54, 1.807) is 13.0 Å². The average molecular weight is 265 g/mol. The minimum atomic E-state index is -2.48. The van der Waals surface area contributed by atoms with Gasteiger partial charge in [0, 0.05) is 12.6 Å². The fraction of sp³-hybridized carbons (Fsp3) is 0.700. The number of likely N-dealkylation sites (N-methyl/N-ethyl adjacent to an activating group) is 1. The van der Waals surface area contributed by atoms with Gasteiger partial charge in [0.05, 0.1) is 13.2 Å². The summed E-state index contributed by atoms with van der Waals surface area (Å²) in [5.74, 6) is -0.440. The van der Waals surface area contributed by atoms with Crippen LogP contribution in [0.5, 0.6) is 0 Å². The molecule has 0 aliphatic heterocycles. The Morgan fingerprint density at radius 2 is 1.88 bits per heavy atom. The molecule has 17 heavy (non-hydrogen) atoms. The van der Waals surface area contributed by atoms with Crippen LogP contribution in [-0.4, -0.2) is 51.3 Å². The molecule has 0 fully saturated rings. The Hall–Kier alpha value is -0.680. The molecular formula is C10H20NO5P. The molecule has 6 nitrogen and oxygen atoms in total. The number of hydrogen-bond acceptors (Lipinski definition) is 6. The average Bonchev–Trinajstić information content (AvgIpc) is 2.24. The minimum Gasteiger partial charge on any atom is -0.460 e. The van der Waals surface area contributed by atoms with Gasteiger partial charge in [0.25, 0.3) is 0 Å². The number of nitrogens with zero attached hydrogens (tertiary/aromatic N) is 1. The second-order valence-electron chi connectivity index (χ2n) is 3.42. The fourth-order valence-corrected chi connectivity index (χ4v) is 1.40. The van der Waals surface area contributed by atoms with Gasteiger partial charge in [0.15, 0.2) is 0 Å². The molecule has 0 rings (SSSR count). The molecule has 100 valence electrons. The number of ether oxygens (including phenoxy) is 1. The summed E-state index contributed by atoms with van der Waals surface area (Å²) in [6, 6.07) is 0. The molecule has 1 atom stereocenters. The largest absolute Gasteiger partial charge is 0.460 e. The quantitative estimate of drug-likeness (QED) is 0.269. The van der Waals surface area contributed by atoms with Crippen LogP contribution in [0.2, 0.25) is 0 Å². The van der Waals surface area contributed by atoms with Crippen molar-refractivity contribution >= 4 is 14.2 Å². The molecular weight excluding hydrogens is 245 g/mol. The Labute approximate surface area is 102 Å². The maximum atomic E-state index is 11.2. The van der Waals surface area contributed by atoms with Gasteiger partial charge in [-0.3, -0.25) is 4.57 Å². The molecule has 0 heterocycles. The molecule has 0 spiro atoms. The van der Waals surface area contributed by atoms with Crippen molar-refractivity contribution in [2.45, 2.75) is 6.92 Å². The second kappa shape index (κ2) is 10.5. The molecule has 1 unspecified atom stereocenters. The Morgan fingerprint density at radius 3 is 2.47 bits per heavy atom. The molecule has 0 saturated heterocycles. The van der Waals surface area contributed by atoms with Crippen LogP contribution in [0, 0.1) is 0 Å². The van der Waals surface area contributed by atoms with Crippen molar-refractivity contribution in [2.24, 2.45) is 0 Å². The zero-order chi connectivity index (χ0) is 13.1. The Morgan fingerprint density at radius 1 is 1.24 bits per heavy atom. The van der Waals surface area contributed by atoms with Crippen LogP contribution in [0.25, 0.3) is 0 Å². The van der Waals surface area contributed by atoms with Crippen LogP contribution in [0.15, 0.2) is 12.2 Å². The lowest BCUT2D eigenvalue weighted by Crippen LogP contribution is -2.16. The van der Waals surface area contributed by atoms with E-state index in [0.29, 0.717) is 13.2 Å². The lowest BCUT2D eigenvalue weighted by Gasteiger charge is -2.09. The molecule has 7 heteroatoms. The highest BCUT2D eigenvalue weighted by atomic mass is 31.1. The van der Waals surface area contributed by atoms with Gasteiger partial charge in [0.1, 0.15) is 6.61 Å². The van der Waals surface area contributed by atoms with E-state index < -0.39 is 14.2 Å². The van der Waals surface area contributed by atoms with E-state index in [-0.39, 0.29) is 13.2 Å². The molecule has 0 aliphatic rings. The van der Waals surface area contributed by atoms with Crippen molar-refractivity contribution in [2.75, 3.05) is 40.5 Å². The number of esters is 1. The summed E-state index contributed by atoms with van der Waals surface area (Å²) < 4.78 is 25.7. The second-order valence-corrected chi connectivity index (χ2v) is 4.50. The first-order valence-corrected chi connectivity index (χ1v) is 6.52. The van der Waals surface area contributed by atoms with E-state index in [1.165, 1.54) is 6.08 Å². The summed E-state index contributed by atoms with van der Waals surface area (Å²) in [4.78, 5) is 12.8. The molecule has 0 aliphatic carbocycles. The van der Waals surface area contributed by atoms with Crippen LogP contribution in [0.4, 0.5) is 0 Å². The van der Waals surface area contributed by atoms with Gasteiger partial charge in [-0.2, -0.15) is 0 Å².